The molecule has 6 saturated heterocycles. The van der Waals surface area contributed by atoms with E-state index in [1.165, 1.54) is 0 Å². The first-order chi connectivity index (χ1) is 35.4. The maximum atomic E-state index is 12.2. The van der Waals surface area contributed by atoms with Crippen LogP contribution in [0.15, 0.2) is 0 Å². The average Bonchev–Trinajstić information content (AvgIpc) is 3.40. The molecule has 0 amide bonds. The van der Waals surface area contributed by atoms with Gasteiger partial charge >= 0.3 is 0 Å². The van der Waals surface area contributed by atoms with E-state index in [1.807, 2.05) is 0 Å². The first-order valence-corrected chi connectivity index (χ1v) is 23.6. The van der Waals surface area contributed by atoms with E-state index in [4.69, 9.17) is 57.8 Å². The Labute approximate surface area is 423 Å². The summed E-state index contributed by atoms with van der Waals surface area (Å²) in [6, 6.07) is -1.50. The number of nitrogens with two attached hydrogens (primary N) is 1. The quantitative estimate of drug-likeness (QED) is 0.0538. The monoisotopic (exact) mass is 1110 g/mol. The van der Waals surface area contributed by atoms with Crippen LogP contribution in [-0.2, 0) is 52.1 Å². The molecule has 6 aliphatic heterocycles. The van der Waals surface area contributed by atoms with E-state index in [0.717, 1.165) is 0 Å². The van der Waals surface area contributed by atoms with Crippen molar-refractivity contribution in [1.29, 1.82) is 0 Å². The maximum absolute atomic E-state index is 12.2. The smallest absolute Gasteiger partial charge is 0.187 e. The number of hydrogen-bond acceptors (Lipinski definition) is 35. The van der Waals surface area contributed by atoms with Gasteiger partial charge < -0.3 is 175 Å². The van der Waals surface area contributed by atoms with Gasteiger partial charge in [0.25, 0.3) is 0 Å². The largest absolute Gasteiger partial charge is 0.394 e. The van der Waals surface area contributed by atoms with Crippen molar-refractivity contribution in [2.24, 2.45) is 5.73 Å². The van der Waals surface area contributed by atoms with E-state index in [-0.39, 0.29) is 0 Å². The molecule has 0 saturated carbocycles. The van der Waals surface area contributed by atoms with Crippen LogP contribution in [0, 0.1) is 0 Å². The summed E-state index contributed by atoms with van der Waals surface area (Å²) in [6.45, 7) is -6.36. The molecular weight excluding hydrogens is 1040 g/mol. The molecule has 6 aliphatic rings. The Morgan fingerprint density at radius 1 is 0.360 bits per heavy atom. The molecule has 0 aromatic rings. The Kier molecular flexibility index (Phi) is 22.5. The lowest BCUT2D eigenvalue weighted by atomic mass is 9.92. The minimum atomic E-state index is -2.57. The Morgan fingerprint density at radius 2 is 0.773 bits per heavy atom. The molecule has 0 spiro atoms. The minimum absolute atomic E-state index is 0.830. The van der Waals surface area contributed by atoms with Crippen LogP contribution in [0.3, 0.4) is 0 Å². The number of ether oxygens (including phenoxy) is 11. The molecular formula is C40H71NO34. The minimum Gasteiger partial charge on any atom is -0.394 e. The van der Waals surface area contributed by atoms with Crippen LogP contribution in [0.5, 0.6) is 0 Å². The van der Waals surface area contributed by atoms with Gasteiger partial charge in [0.05, 0.1) is 45.7 Å². The van der Waals surface area contributed by atoms with Crippen LogP contribution in [0.4, 0.5) is 0 Å². The van der Waals surface area contributed by atoms with Crippen LogP contribution < -0.4 is 5.73 Å². The predicted molar refractivity (Wildman–Crippen MR) is 225 cm³/mol. The molecule has 0 bridgehead atoms. The Bertz CT molecular complexity index is 1720. The Hall–Kier alpha value is -1.40. The van der Waals surface area contributed by atoms with Crippen LogP contribution in [0.1, 0.15) is 0 Å². The first-order valence-electron chi connectivity index (χ1n) is 23.6. The third-order valence-electron chi connectivity index (χ3n) is 13.8. The van der Waals surface area contributed by atoms with Gasteiger partial charge in [0.2, 0.25) is 0 Å². The van der Waals surface area contributed by atoms with Crippen LogP contribution in [-0.4, -0.2) is 366 Å². The molecule has 35 nitrogen and oxygen atoms in total. The van der Waals surface area contributed by atoms with Crippen molar-refractivity contribution in [1.82, 2.24) is 0 Å². The maximum Gasteiger partial charge on any atom is 0.187 e. The molecule has 6 rings (SSSR count). The average molecular weight is 1110 g/mol. The van der Waals surface area contributed by atoms with Gasteiger partial charge in [-0.25, -0.2) is 0 Å². The van der Waals surface area contributed by atoms with E-state index in [0.29, 0.717) is 0 Å². The predicted octanol–water partition coefficient (Wildman–Crippen LogP) is -16.7. The molecule has 75 heavy (non-hydrogen) atoms. The highest BCUT2D eigenvalue weighted by atomic mass is 16.8. The fraction of sp³-hybridized carbons (Fsp3) is 1.00. The van der Waals surface area contributed by atoms with E-state index >= 15 is 0 Å². The highest BCUT2D eigenvalue weighted by Gasteiger charge is 2.60. The van der Waals surface area contributed by atoms with E-state index < -0.39 is 248 Å². The van der Waals surface area contributed by atoms with E-state index in [1.54, 1.807) is 0 Å². The molecule has 6 fully saturated rings. The zero-order valence-electron chi connectivity index (χ0n) is 39.2. The second kappa shape index (κ2) is 26.9. The lowest BCUT2D eigenvalue weighted by Crippen LogP contribution is -2.70. The van der Waals surface area contributed by atoms with Crippen LogP contribution in [0.2, 0.25) is 0 Å². The van der Waals surface area contributed by atoms with Gasteiger partial charge in [-0.2, -0.15) is 0 Å². The summed E-state index contributed by atoms with van der Waals surface area (Å²) in [5.41, 5.74) is 5.91. The van der Waals surface area contributed by atoms with Gasteiger partial charge in [0.1, 0.15) is 165 Å². The van der Waals surface area contributed by atoms with E-state index in [2.05, 4.69) is 0 Å². The zero-order valence-corrected chi connectivity index (χ0v) is 39.2. The third kappa shape index (κ3) is 13.2. The standard InChI is InChI=1S/C40H71NO34/c41-13-16(52)14(50)10(3-44)66-36(13)65-6-9(49)30-21(57)19(55)26(62)39(71-30)73-32-27(63)40(74-33-23(59)22(58)28(7(47)1-42)69-35(33)64)72-31(34(32)75-37-24(60)17(53)15(51)11(4-45)67-37)12(5-46)68-38-25(61)18(54)20(56)29(70-38)8(48)2-43/h7-40,42-64H,1-6,41H2/t7-,8-,9-,10+,11+,12-,13+,14+,15+,16+,17-,18-,19-,20-,21-,22-,23-,24+,25-,26-,27-,28+,29+,30+,31+,32+,33-,34+,35-,36-,37-,38-,39+,40+/m0/s1. The summed E-state index contributed by atoms with van der Waals surface area (Å²) in [5.74, 6) is 0. The number of hydrogen-bond donors (Lipinski definition) is 24. The first kappa shape index (κ1) is 62.8. The summed E-state index contributed by atoms with van der Waals surface area (Å²) in [6.07, 6.45) is -70.7. The molecule has 6 heterocycles. The van der Waals surface area contributed by atoms with Gasteiger partial charge in [-0.15, -0.1) is 0 Å². The molecule has 0 aromatic heterocycles. The fourth-order valence-electron chi connectivity index (χ4n) is 9.31. The third-order valence-corrected chi connectivity index (χ3v) is 13.8. The van der Waals surface area contributed by atoms with Gasteiger partial charge in [-0.3, -0.25) is 0 Å². The van der Waals surface area contributed by atoms with Gasteiger partial charge in [-0.1, -0.05) is 0 Å². The number of aliphatic hydroxyl groups excluding tert-OH is 23. The molecule has 34 atom stereocenters. The van der Waals surface area contributed by atoms with Gasteiger partial charge in [-0.05, 0) is 0 Å². The highest BCUT2D eigenvalue weighted by molar-refractivity contribution is 5.02. The summed E-state index contributed by atoms with van der Waals surface area (Å²) < 4.78 is 62.2. The van der Waals surface area contributed by atoms with Crippen LogP contribution in [0.25, 0.3) is 0 Å². The summed E-state index contributed by atoms with van der Waals surface area (Å²) in [5, 5.41) is 245. The van der Waals surface area contributed by atoms with Crippen molar-refractivity contribution in [2.75, 3.05) is 39.6 Å². The lowest BCUT2D eigenvalue weighted by Gasteiger charge is -2.52. The fourth-order valence-corrected chi connectivity index (χ4v) is 9.31. The van der Waals surface area contributed by atoms with Gasteiger partial charge in [0, 0.05) is 0 Å². The summed E-state index contributed by atoms with van der Waals surface area (Å²) in [4.78, 5) is 0. The Balaban J connectivity index is 1.39. The van der Waals surface area contributed by atoms with Crippen molar-refractivity contribution >= 4 is 0 Å². The molecule has 0 radical (unpaired) electrons. The second-order valence-electron chi connectivity index (χ2n) is 18.9. The molecule has 0 unspecified atom stereocenters. The van der Waals surface area contributed by atoms with Crippen molar-refractivity contribution in [3.8, 4) is 0 Å². The second-order valence-corrected chi connectivity index (χ2v) is 18.9. The molecule has 35 heteroatoms. The molecule has 0 aromatic carbocycles. The Morgan fingerprint density at radius 3 is 1.32 bits per heavy atom. The molecule has 0 aliphatic carbocycles. The van der Waals surface area contributed by atoms with Crippen molar-refractivity contribution in [3.05, 3.63) is 0 Å². The van der Waals surface area contributed by atoms with Crippen molar-refractivity contribution in [2.45, 2.75) is 209 Å². The molecule has 25 N–H and O–H groups in total. The zero-order chi connectivity index (χ0) is 55.7. The van der Waals surface area contributed by atoms with Gasteiger partial charge in [0.15, 0.2) is 37.7 Å². The van der Waals surface area contributed by atoms with Crippen molar-refractivity contribution < 1.29 is 170 Å². The topological polar surface area (TPSA) is 593 Å². The van der Waals surface area contributed by atoms with Crippen LogP contribution >= 0.6 is 0 Å². The SMILES string of the molecule is N[C@H]1[C@@H](OC[C@H](O)[C@H]2O[C@H](O[C@@H]3[C@H](O)[C@@H](O[C@H]4[C@@H](O)[C@H](O)[C@@H]([C@@H](O)CO)O[C@@H]4O)O[C@H]([C@H](CO)O[C@H]4O[C@H]([C@@H](O)CO)[C@@H](O)[C@H](O)[C@@H]4O)[C@H]3O[C@@H]3O[C@H](CO)[C@@H](O)[C@H](O)[C@H]3O)[C@@H](O)[C@@H](O)[C@@H]2O)O[C@H](CO)[C@@H](O)[C@@H]1O. The normalized spacial score (nSPS) is 50.7. The number of aliphatic hydroxyl groups is 23. The number of rotatable bonds is 20. The molecule has 440 valence electrons. The highest BCUT2D eigenvalue weighted by Crippen LogP contribution is 2.39. The summed E-state index contributed by atoms with van der Waals surface area (Å²) in [7, 11) is 0. The van der Waals surface area contributed by atoms with Crippen molar-refractivity contribution in [3.63, 3.8) is 0 Å². The van der Waals surface area contributed by atoms with E-state index in [9.17, 15) is 117 Å². The summed E-state index contributed by atoms with van der Waals surface area (Å²) >= 11 is 0. The lowest BCUT2D eigenvalue weighted by molar-refractivity contribution is -0.413.